The van der Waals surface area contributed by atoms with E-state index >= 15 is 0 Å². The lowest BCUT2D eigenvalue weighted by Gasteiger charge is -2.17. The van der Waals surface area contributed by atoms with E-state index in [1.165, 1.54) is 36.2 Å². The molecule has 0 spiro atoms. The lowest BCUT2D eigenvalue weighted by molar-refractivity contribution is -0.135. The average molecular weight is 413 g/mol. The van der Waals surface area contributed by atoms with Crippen LogP contribution in [0.4, 0.5) is 10.1 Å². The number of rotatable bonds is 7. The number of nitrogens with zero attached hydrogens (tertiary/aromatic N) is 2. The number of hydrogen-bond donors (Lipinski definition) is 1. The van der Waals surface area contributed by atoms with Crippen LogP contribution in [0.3, 0.4) is 0 Å². The molecule has 150 valence electrons. The number of amides is 2. The molecule has 2 amide bonds. The van der Waals surface area contributed by atoms with Crippen molar-refractivity contribution in [2.75, 3.05) is 25.5 Å². The van der Waals surface area contributed by atoms with Gasteiger partial charge in [0.05, 0.1) is 6.54 Å². The zero-order chi connectivity index (χ0) is 20.8. The summed E-state index contributed by atoms with van der Waals surface area (Å²) in [5.41, 5.74) is 2.42. The fourth-order valence-corrected chi connectivity index (χ4v) is 3.28. The molecular formula is C21H20FN3O3S. The number of hydrogen-bond acceptors (Lipinski definition) is 5. The van der Waals surface area contributed by atoms with Crippen LogP contribution in [0.1, 0.15) is 5.69 Å². The van der Waals surface area contributed by atoms with Gasteiger partial charge >= 0.3 is 0 Å². The van der Waals surface area contributed by atoms with Crippen LogP contribution in [0.25, 0.3) is 10.6 Å². The molecule has 2 aromatic carbocycles. The maximum Gasteiger partial charge on any atom is 0.260 e. The van der Waals surface area contributed by atoms with Crippen molar-refractivity contribution in [1.29, 1.82) is 0 Å². The summed E-state index contributed by atoms with van der Waals surface area (Å²) < 4.78 is 18.4. The maximum absolute atomic E-state index is 12.9. The zero-order valence-corrected chi connectivity index (χ0v) is 16.8. The molecule has 8 heteroatoms. The van der Waals surface area contributed by atoms with Crippen LogP contribution in [-0.4, -0.2) is 41.9 Å². The van der Waals surface area contributed by atoms with Crippen LogP contribution in [0.5, 0.6) is 5.75 Å². The molecular weight excluding hydrogens is 393 g/mol. The number of aryl methyl sites for hydroxylation is 1. The molecule has 0 bridgehead atoms. The maximum atomic E-state index is 12.9. The minimum atomic E-state index is -0.387. The van der Waals surface area contributed by atoms with Gasteiger partial charge in [-0.1, -0.05) is 0 Å². The molecule has 1 aromatic heterocycles. The van der Waals surface area contributed by atoms with Gasteiger partial charge in [0.1, 0.15) is 16.6 Å². The lowest BCUT2D eigenvalue weighted by Crippen LogP contribution is -2.37. The standard InChI is InChI=1S/C21H20FN3O3S/c1-14-13-29-21(23-14)15-3-9-18(10-4-15)28-12-20(27)25(2)11-19(26)24-17-7-5-16(22)6-8-17/h3-10,13H,11-12H2,1-2H3,(H,24,26). The van der Waals surface area contributed by atoms with Gasteiger partial charge in [-0.15, -0.1) is 11.3 Å². The van der Waals surface area contributed by atoms with Crippen LogP contribution in [0.2, 0.25) is 0 Å². The Balaban J connectivity index is 1.46. The first-order chi connectivity index (χ1) is 13.9. The smallest absolute Gasteiger partial charge is 0.260 e. The highest BCUT2D eigenvalue weighted by atomic mass is 32.1. The number of anilines is 1. The van der Waals surface area contributed by atoms with Crippen LogP contribution >= 0.6 is 11.3 Å². The van der Waals surface area contributed by atoms with Crippen molar-refractivity contribution < 1.29 is 18.7 Å². The van der Waals surface area contributed by atoms with Gasteiger partial charge in [0.2, 0.25) is 5.91 Å². The number of aromatic nitrogens is 1. The third kappa shape index (κ3) is 5.86. The van der Waals surface area contributed by atoms with E-state index in [0.29, 0.717) is 11.4 Å². The van der Waals surface area contributed by atoms with Crippen molar-refractivity contribution in [1.82, 2.24) is 9.88 Å². The second-order valence-electron chi connectivity index (χ2n) is 6.41. The molecule has 29 heavy (non-hydrogen) atoms. The molecule has 0 unspecified atom stereocenters. The highest BCUT2D eigenvalue weighted by Crippen LogP contribution is 2.25. The Labute approximate surface area is 172 Å². The molecule has 0 fully saturated rings. The fourth-order valence-electron chi connectivity index (χ4n) is 2.47. The van der Waals surface area contributed by atoms with Crippen LogP contribution in [-0.2, 0) is 9.59 Å². The van der Waals surface area contributed by atoms with E-state index in [9.17, 15) is 14.0 Å². The normalized spacial score (nSPS) is 10.4. The number of ether oxygens (including phenoxy) is 1. The Bertz CT molecular complexity index is 987. The van der Waals surface area contributed by atoms with E-state index in [4.69, 9.17) is 4.74 Å². The Kier molecular flexibility index (Phi) is 6.56. The summed E-state index contributed by atoms with van der Waals surface area (Å²) in [6.45, 7) is 1.62. The number of carbonyl (C=O) groups is 2. The van der Waals surface area contributed by atoms with Gasteiger partial charge < -0.3 is 15.0 Å². The van der Waals surface area contributed by atoms with E-state index < -0.39 is 0 Å². The molecule has 3 aromatic rings. The third-order valence-electron chi connectivity index (χ3n) is 4.02. The van der Waals surface area contributed by atoms with Crippen molar-refractivity contribution in [3.8, 4) is 16.3 Å². The first-order valence-corrected chi connectivity index (χ1v) is 9.73. The van der Waals surface area contributed by atoms with E-state index in [1.807, 2.05) is 24.4 Å². The molecule has 0 atom stereocenters. The lowest BCUT2D eigenvalue weighted by atomic mass is 10.2. The Hall–Kier alpha value is -3.26. The average Bonchev–Trinajstić information content (AvgIpc) is 3.14. The summed E-state index contributed by atoms with van der Waals surface area (Å²) in [5.74, 6) is -0.545. The molecule has 1 heterocycles. The summed E-state index contributed by atoms with van der Waals surface area (Å²) in [4.78, 5) is 29.9. The summed E-state index contributed by atoms with van der Waals surface area (Å²) in [6.07, 6.45) is 0. The molecule has 0 aliphatic rings. The summed E-state index contributed by atoms with van der Waals surface area (Å²) in [5, 5.41) is 5.52. The first-order valence-electron chi connectivity index (χ1n) is 8.85. The van der Waals surface area contributed by atoms with Gasteiger partial charge in [-0.2, -0.15) is 0 Å². The number of thiazole rings is 1. The molecule has 0 aliphatic heterocycles. The van der Waals surface area contributed by atoms with Crippen molar-refractivity contribution in [2.45, 2.75) is 6.92 Å². The quantitative estimate of drug-likeness (QED) is 0.641. The monoisotopic (exact) mass is 413 g/mol. The van der Waals surface area contributed by atoms with Gasteiger partial charge in [0.25, 0.3) is 5.91 Å². The SMILES string of the molecule is Cc1csc(-c2ccc(OCC(=O)N(C)CC(=O)Nc3ccc(F)cc3)cc2)n1. The number of likely N-dealkylation sites (N-methyl/N-ethyl adjacent to an activating group) is 1. The molecule has 0 aliphatic carbocycles. The number of halogens is 1. The Morgan fingerprint density at radius 1 is 1.14 bits per heavy atom. The van der Waals surface area contributed by atoms with Crippen molar-refractivity contribution in [3.63, 3.8) is 0 Å². The number of nitrogens with one attached hydrogen (secondary N) is 1. The zero-order valence-electron chi connectivity index (χ0n) is 16.0. The molecule has 0 saturated heterocycles. The third-order valence-corrected chi connectivity index (χ3v) is 5.03. The molecule has 6 nitrogen and oxygen atoms in total. The minimum Gasteiger partial charge on any atom is -0.484 e. The summed E-state index contributed by atoms with van der Waals surface area (Å²) >= 11 is 1.57. The van der Waals surface area contributed by atoms with Crippen LogP contribution < -0.4 is 10.1 Å². The Morgan fingerprint density at radius 2 is 1.83 bits per heavy atom. The van der Waals surface area contributed by atoms with Gasteiger partial charge in [0.15, 0.2) is 6.61 Å². The first kappa shape index (κ1) is 20.5. The number of benzene rings is 2. The van der Waals surface area contributed by atoms with Crippen molar-refractivity contribution >= 4 is 28.8 Å². The van der Waals surface area contributed by atoms with Crippen LogP contribution in [0.15, 0.2) is 53.9 Å². The van der Waals surface area contributed by atoms with Gasteiger partial charge in [0, 0.05) is 29.4 Å². The van der Waals surface area contributed by atoms with E-state index in [2.05, 4.69) is 10.3 Å². The predicted octanol–water partition coefficient (Wildman–Crippen LogP) is 3.73. The second-order valence-corrected chi connectivity index (χ2v) is 7.27. The summed E-state index contributed by atoms with van der Waals surface area (Å²) in [7, 11) is 1.52. The largest absolute Gasteiger partial charge is 0.484 e. The van der Waals surface area contributed by atoms with Gasteiger partial charge in [-0.3, -0.25) is 9.59 Å². The molecule has 3 rings (SSSR count). The van der Waals surface area contributed by atoms with Crippen LogP contribution in [0, 0.1) is 12.7 Å². The Morgan fingerprint density at radius 3 is 2.45 bits per heavy atom. The second kappa shape index (κ2) is 9.29. The predicted molar refractivity (Wildman–Crippen MR) is 110 cm³/mol. The van der Waals surface area contributed by atoms with Gasteiger partial charge in [-0.25, -0.2) is 9.37 Å². The highest BCUT2D eigenvalue weighted by Gasteiger charge is 2.14. The van der Waals surface area contributed by atoms with E-state index in [-0.39, 0.29) is 30.8 Å². The molecule has 1 N–H and O–H groups in total. The fraction of sp³-hybridized carbons (Fsp3) is 0.190. The van der Waals surface area contributed by atoms with Crippen molar-refractivity contribution in [2.24, 2.45) is 0 Å². The van der Waals surface area contributed by atoms with E-state index in [1.54, 1.807) is 23.5 Å². The van der Waals surface area contributed by atoms with Gasteiger partial charge in [-0.05, 0) is 55.5 Å². The summed E-state index contributed by atoms with van der Waals surface area (Å²) in [6, 6.07) is 12.7. The van der Waals surface area contributed by atoms with E-state index in [0.717, 1.165) is 16.3 Å². The molecule has 0 saturated carbocycles. The minimum absolute atomic E-state index is 0.137. The van der Waals surface area contributed by atoms with Crippen molar-refractivity contribution in [3.05, 3.63) is 65.4 Å². The molecule has 0 radical (unpaired) electrons. The topological polar surface area (TPSA) is 71.5 Å². The number of carbonyl (C=O) groups excluding carboxylic acids is 2. The highest BCUT2D eigenvalue weighted by molar-refractivity contribution is 7.13.